The topological polar surface area (TPSA) is 47.8 Å². The number of aldehydes is 1. The van der Waals surface area contributed by atoms with E-state index in [0.717, 1.165) is 0 Å². The number of aromatic nitrogens is 3. The predicted octanol–water partition coefficient (Wildman–Crippen LogP) is 3.17. The Bertz CT molecular complexity index is 631. The van der Waals surface area contributed by atoms with E-state index in [9.17, 15) is 9.18 Å². The van der Waals surface area contributed by atoms with Gasteiger partial charge in [0, 0.05) is 5.41 Å². The zero-order chi connectivity index (χ0) is 14.2. The van der Waals surface area contributed by atoms with E-state index in [4.69, 9.17) is 11.6 Å². The molecule has 0 bridgehead atoms. The second kappa shape index (κ2) is 4.74. The minimum absolute atomic E-state index is 0.000474. The standard InChI is InChI=1S/C13H13ClFN3O/c1-13(2,3)12-11(7-19)16-17-18(12)8-4-5-10(15)9(14)6-8/h4-7H,1-3H3. The van der Waals surface area contributed by atoms with Crippen LogP contribution in [0.25, 0.3) is 5.69 Å². The first-order chi connectivity index (χ1) is 8.84. The highest BCUT2D eigenvalue weighted by atomic mass is 35.5. The normalized spacial score (nSPS) is 11.6. The van der Waals surface area contributed by atoms with E-state index in [2.05, 4.69) is 10.3 Å². The van der Waals surface area contributed by atoms with Crippen molar-refractivity contribution in [1.29, 1.82) is 0 Å². The van der Waals surface area contributed by atoms with E-state index in [1.165, 1.54) is 16.8 Å². The first kappa shape index (κ1) is 13.7. The highest BCUT2D eigenvalue weighted by Gasteiger charge is 2.26. The third-order valence-corrected chi connectivity index (χ3v) is 2.96. The molecule has 2 rings (SSSR count). The zero-order valence-corrected chi connectivity index (χ0v) is 11.6. The van der Waals surface area contributed by atoms with Crippen LogP contribution >= 0.6 is 11.6 Å². The molecular weight excluding hydrogens is 269 g/mol. The number of nitrogens with zero attached hydrogens (tertiary/aromatic N) is 3. The van der Waals surface area contributed by atoms with Crippen molar-refractivity contribution < 1.29 is 9.18 Å². The molecule has 0 radical (unpaired) electrons. The summed E-state index contributed by atoms with van der Waals surface area (Å²) in [5, 5.41) is 7.79. The molecule has 1 aromatic carbocycles. The molecule has 0 N–H and O–H groups in total. The Labute approximate surface area is 115 Å². The predicted molar refractivity (Wildman–Crippen MR) is 70.4 cm³/mol. The fraction of sp³-hybridized carbons (Fsp3) is 0.308. The van der Waals surface area contributed by atoms with Gasteiger partial charge < -0.3 is 0 Å². The average molecular weight is 282 g/mol. The Kier molecular flexibility index (Phi) is 3.41. The van der Waals surface area contributed by atoms with E-state index in [0.29, 0.717) is 17.7 Å². The summed E-state index contributed by atoms with van der Waals surface area (Å²) in [4.78, 5) is 11.0. The van der Waals surface area contributed by atoms with Crippen LogP contribution < -0.4 is 0 Å². The highest BCUT2D eigenvalue weighted by Crippen LogP contribution is 2.27. The Morgan fingerprint density at radius 3 is 2.58 bits per heavy atom. The zero-order valence-electron chi connectivity index (χ0n) is 10.8. The Morgan fingerprint density at radius 2 is 2.05 bits per heavy atom. The summed E-state index contributed by atoms with van der Waals surface area (Å²) in [5.41, 5.74) is 1.16. The van der Waals surface area contributed by atoms with Crippen LogP contribution in [-0.2, 0) is 5.41 Å². The molecule has 0 unspecified atom stereocenters. The van der Waals surface area contributed by atoms with E-state index in [1.807, 2.05) is 20.8 Å². The first-order valence-corrected chi connectivity index (χ1v) is 6.09. The van der Waals surface area contributed by atoms with Crippen molar-refractivity contribution in [3.8, 4) is 5.69 Å². The van der Waals surface area contributed by atoms with E-state index in [1.54, 1.807) is 6.07 Å². The van der Waals surface area contributed by atoms with Gasteiger partial charge >= 0.3 is 0 Å². The molecule has 0 atom stereocenters. The molecule has 1 heterocycles. The lowest BCUT2D eigenvalue weighted by Gasteiger charge is -2.20. The lowest BCUT2D eigenvalue weighted by molar-refractivity contribution is 0.111. The summed E-state index contributed by atoms with van der Waals surface area (Å²) in [6, 6.07) is 4.25. The largest absolute Gasteiger partial charge is 0.296 e. The fourth-order valence-corrected chi connectivity index (χ4v) is 2.05. The SMILES string of the molecule is CC(C)(C)c1c(C=O)nnn1-c1ccc(F)c(Cl)c1. The van der Waals surface area contributed by atoms with Crippen molar-refractivity contribution in [3.05, 3.63) is 40.4 Å². The van der Waals surface area contributed by atoms with Crippen LogP contribution in [-0.4, -0.2) is 21.3 Å². The molecule has 100 valence electrons. The maximum Gasteiger partial charge on any atom is 0.172 e. The number of carbonyl (C=O) groups excluding carboxylic acids is 1. The van der Waals surface area contributed by atoms with Crippen LogP contribution in [0.3, 0.4) is 0 Å². The first-order valence-electron chi connectivity index (χ1n) is 5.71. The van der Waals surface area contributed by atoms with Gasteiger partial charge in [-0.2, -0.15) is 0 Å². The third-order valence-electron chi connectivity index (χ3n) is 2.67. The Balaban J connectivity index is 2.65. The van der Waals surface area contributed by atoms with Gasteiger partial charge in [0.25, 0.3) is 0 Å². The van der Waals surface area contributed by atoms with Gasteiger partial charge in [-0.3, -0.25) is 4.79 Å². The molecule has 6 heteroatoms. The molecule has 2 aromatic rings. The van der Waals surface area contributed by atoms with Crippen LogP contribution in [0.2, 0.25) is 5.02 Å². The van der Waals surface area contributed by atoms with Gasteiger partial charge in [-0.05, 0) is 18.2 Å². The lowest BCUT2D eigenvalue weighted by Crippen LogP contribution is -2.19. The van der Waals surface area contributed by atoms with Crippen LogP contribution in [0.15, 0.2) is 18.2 Å². The summed E-state index contributed by atoms with van der Waals surface area (Å²) < 4.78 is 14.7. The number of hydrogen-bond donors (Lipinski definition) is 0. The van der Waals surface area contributed by atoms with Crippen LogP contribution in [0.1, 0.15) is 37.0 Å². The maximum absolute atomic E-state index is 13.2. The second-order valence-electron chi connectivity index (χ2n) is 5.20. The second-order valence-corrected chi connectivity index (χ2v) is 5.61. The molecule has 0 aliphatic heterocycles. The Morgan fingerprint density at radius 1 is 1.37 bits per heavy atom. The highest BCUT2D eigenvalue weighted by molar-refractivity contribution is 6.30. The number of benzene rings is 1. The van der Waals surface area contributed by atoms with Crippen LogP contribution in [0.4, 0.5) is 4.39 Å². The van der Waals surface area contributed by atoms with Crippen molar-refractivity contribution in [2.75, 3.05) is 0 Å². The molecule has 19 heavy (non-hydrogen) atoms. The molecule has 4 nitrogen and oxygen atoms in total. The molecule has 1 aromatic heterocycles. The number of hydrogen-bond acceptors (Lipinski definition) is 3. The van der Waals surface area contributed by atoms with E-state index in [-0.39, 0.29) is 16.1 Å². The van der Waals surface area contributed by atoms with Gasteiger partial charge in [0.1, 0.15) is 11.5 Å². The van der Waals surface area contributed by atoms with Gasteiger partial charge in [0.05, 0.1) is 16.4 Å². The van der Waals surface area contributed by atoms with Crippen molar-refractivity contribution in [3.63, 3.8) is 0 Å². The van der Waals surface area contributed by atoms with Crippen molar-refractivity contribution in [1.82, 2.24) is 15.0 Å². The van der Waals surface area contributed by atoms with Crippen LogP contribution in [0.5, 0.6) is 0 Å². The third kappa shape index (κ3) is 2.51. The minimum Gasteiger partial charge on any atom is -0.296 e. The summed E-state index contributed by atoms with van der Waals surface area (Å²) in [6.07, 6.45) is 0.662. The summed E-state index contributed by atoms with van der Waals surface area (Å²) in [7, 11) is 0. The van der Waals surface area contributed by atoms with Gasteiger partial charge in [-0.15, -0.1) is 5.10 Å². The molecule has 0 aliphatic carbocycles. The van der Waals surface area contributed by atoms with Gasteiger partial charge in [-0.25, -0.2) is 9.07 Å². The Hall–Kier alpha value is -1.75. The summed E-state index contributed by atoms with van der Waals surface area (Å²) in [5.74, 6) is -0.501. The monoisotopic (exact) mass is 281 g/mol. The van der Waals surface area contributed by atoms with Gasteiger partial charge in [-0.1, -0.05) is 37.6 Å². The van der Waals surface area contributed by atoms with Crippen molar-refractivity contribution in [2.24, 2.45) is 0 Å². The quantitative estimate of drug-likeness (QED) is 0.795. The van der Waals surface area contributed by atoms with Crippen molar-refractivity contribution in [2.45, 2.75) is 26.2 Å². The number of carbonyl (C=O) groups is 1. The van der Waals surface area contributed by atoms with Crippen molar-refractivity contribution >= 4 is 17.9 Å². The smallest absolute Gasteiger partial charge is 0.172 e. The summed E-state index contributed by atoms with van der Waals surface area (Å²) in [6.45, 7) is 5.83. The molecule has 0 spiro atoms. The molecule has 0 saturated heterocycles. The van der Waals surface area contributed by atoms with E-state index >= 15 is 0 Å². The molecule has 0 aliphatic rings. The van der Waals surface area contributed by atoms with Gasteiger partial charge in [0.2, 0.25) is 0 Å². The summed E-state index contributed by atoms with van der Waals surface area (Å²) >= 11 is 5.76. The molecule has 0 fully saturated rings. The van der Waals surface area contributed by atoms with E-state index < -0.39 is 5.82 Å². The van der Waals surface area contributed by atoms with Gasteiger partial charge in [0.15, 0.2) is 6.29 Å². The molecular formula is C13H13ClFN3O. The lowest BCUT2D eigenvalue weighted by atomic mass is 9.90. The molecule has 0 saturated carbocycles. The number of halogens is 2. The molecule has 0 amide bonds. The van der Waals surface area contributed by atoms with Crippen LogP contribution in [0, 0.1) is 5.82 Å². The fourth-order valence-electron chi connectivity index (χ4n) is 1.87. The maximum atomic E-state index is 13.2. The average Bonchev–Trinajstić information content (AvgIpc) is 2.76. The number of rotatable bonds is 2. The minimum atomic E-state index is -0.501.